The van der Waals surface area contributed by atoms with Gasteiger partial charge in [-0.05, 0) is 45.7 Å². The number of aliphatic imine (C=N–C) groups is 1. The average Bonchev–Trinajstić information content (AvgIpc) is 3.00. The molecule has 2 rings (SSSR count). The zero-order valence-electron chi connectivity index (χ0n) is 17.6. The Morgan fingerprint density at radius 1 is 1.42 bits per heavy atom. The molecule has 148 valence electrons. The molecule has 6 heteroatoms. The van der Waals surface area contributed by atoms with E-state index in [4.69, 9.17) is 4.99 Å². The predicted molar refractivity (Wildman–Crippen MR) is 109 cm³/mol. The van der Waals surface area contributed by atoms with Gasteiger partial charge in [-0.3, -0.25) is 9.67 Å². The van der Waals surface area contributed by atoms with Crippen LogP contribution in [0.1, 0.15) is 58.1 Å². The van der Waals surface area contributed by atoms with Gasteiger partial charge < -0.3 is 15.1 Å². The summed E-state index contributed by atoms with van der Waals surface area (Å²) in [5, 5.41) is 7.85. The molecule has 0 radical (unpaired) electrons. The number of hydrogen-bond donors (Lipinski definition) is 1. The van der Waals surface area contributed by atoms with Gasteiger partial charge in [0.1, 0.15) is 0 Å². The van der Waals surface area contributed by atoms with Crippen molar-refractivity contribution in [3.8, 4) is 0 Å². The van der Waals surface area contributed by atoms with E-state index in [0.29, 0.717) is 5.41 Å². The van der Waals surface area contributed by atoms with Crippen LogP contribution < -0.4 is 5.32 Å². The van der Waals surface area contributed by atoms with Crippen molar-refractivity contribution in [1.29, 1.82) is 0 Å². The zero-order valence-corrected chi connectivity index (χ0v) is 17.6. The minimum absolute atomic E-state index is 0.240. The molecule has 1 aromatic rings. The first-order chi connectivity index (χ1) is 12.4. The van der Waals surface area contributed by atoms with Gasteiger partial charge >= 0.3 is 0 Å². The monoisotopic (exact) mass is 362 g/mol. The molecule has 1 aliphatic rings. The van der Waals surface area contributed by atoms with E-state index in [0.717, 1.165) is 32.1 Å². The van der Waals surface area contributed by atoms with Crippen LogP contribution >= 0.6 is 0 Å². The first-order valence-corrected chi connectivity index (χ1v) is 10.1. The van der Waals surface area contributed by atoms with Crippen LogP contribution in [0, 0.1) is 5.41 Å². The number of piperidine rings is 1. The molecular weight excluding hydrogens is 324 g/mol. The lowest BCUT2D eigenvalue weighted by Gasteiger charge is -2.42. The third-order valence-electron chi connectivity index (χ3n) is 5.42. The van der Waals surface area contributed by atoms with E-state index in [1.165, 1.54) is 31.2 Å². The maximum absolute atomic E-state index is 5.02. The van der Waals surface area contributed by atoms with Crippen molar-refractivity contribution < 1.29 is 0 Å². The quantitative estimate of drug-likeness (QED) is 0.598. The maximum atomic E-state index is 5.02. The summed E-state index contributed by atoms with van der Waals surface area (Å²) in [6, 6.07) is 0.240. The highest BCUT2D eigenvalue weighted by molar-refractivity contribution is 5.80. The first-order valence-electron chi connectivity index (χ1n) is 10.1. The normalized spacial score (nSPS) is 22.7. The van der Waals surface area contributed by atoms with Gasteiger partial charge in [0.15, 0.2) is 5.96 Å². The van der Waals surface area contributed by atoms with Crippen molar-refractivity contribution in [2.24, 2.45) is 17.5 Å². The van der Waals surface area contributed by atoms with Gasteiger partial charge in [-0.25, -0.2) is 0 Å². The molecule has 2 unspecified atom stereocenters. The molecule has 1 aromatic heterocycles. The van der Waals surface area contributed by atoms with Crippen LogP contribution in [-0.2, 0) is 7.05 Å². The minimum Gasteiger partial charge on any atom is -0.357 e. The van der Waals surface area contributed by atoms with Crippen molar-refractivity contribution in [3.05, 3.63) is 18.0 Å². The Kier molecular flexibility index (Phi) is 7.50. The van der Waals surface area contributed by atoms with Gasteiger partial charge in [-0.1, -0.05) is 20.3 Å². The Labute approximate surface area is 159 Å². The minimum atomic E-state index is 0.240. The molecular formula is C20H38N6. The van der Waals surface area contributed by atoms with Crippen LogP contribution in [0.4, 0.5) is 0 Å². The fourth-order valence-electron chi connectivity index (χ4n) is 4.08. The summed E-state index contributed by atoms with van der Waals surface area (Å²) in [4.78, 5) is 9.72. The zero-order chi connectivity index (χ0) is 19.2. The molecule has 1 saturated heterocycles. The highest BCUT2D eigenvalue weighted by Gasteiger charge is 2.31. The summed E-state index contributed by atoms with van der Waals surface area (Å²) in [5.74, 6) is 1.06. The number of nitrogens with zero attached hydrogens (tertiary/aromatic N) is 5. The third-order valence-corrected chi connectivity index (χ3v) is 5.42. The van der Waals surface area contributed by atoms with Gasteiger partial charge in [0.2, 0.25) is 0 Å². The lowest BCUT2D eigenvalue weighted by Crippen LogP contribution is -2.50. The van der Waals surface area contributed by atoms with E-state index in [1.807, 2.05) is 17.9 Å². The lowest BCUT2D eigenvalue weighted by molar-refractivity contribution is 0.142. The Bertz CT molecular complexity index is 575. The summed E-state index contributed by atoms with van der Waals surface area (Å²) in [6.07, 6.45) is 9.16. The highest BCUT2D eigenvalue weighted by Crippen LogP contribution is 2.34. The second kappa shape index (κ2) is 9.40. The fourth-order valence-corrected chi connectivity index (χ4v) is 4.08. The Morgan fingerprint density at radius 2 is 2.19 bits per heavy atom. The Hall–Kier alpha value is -1.56. The van der Waals surface area contributed by atoms with E-state index in [-0.39, 0.29) is 6.04 Å². The molecule has 1 aliphatic heterocycles. The van der Waals surface area contributed by atoms with Gasteiger partial charge in [-0.15, -0.1) is 0 Å². The Balaban J connectivity index is 2.14. The maximum Gasteiger partial charge on any atom is 0.194 e. The molecule has 0 spiro atoms. The summed E-state index contributed by atoms with van der Waals surface area (Å²) in [5.41, 5.74) is 1.62. The van der Waals surface area contributed by atoms with Crippen LogP contribution in [-0.4, -0.2) is 65.8 Å². The van der Waals surface area contributed by atoms with Crippen molar-refractivity contribution in [2.45, 2.75) is 52.5 Å². The van der Waals surface area contributed by atoms with Gasteiger partial charge in [0.25, 0.3) is 0 Å². The summed E-state index contributed by atoms with van der Waals surface area (Å²) in [6.45, 7) is 10.7. The summed E-state index contributed by atoms with van der Waals surface area (Å²) >= 11 is 0. The first kappa shape index (κ1) is 20.7. The van der Waals surface area contributed by atoms with E-state index in [2.05, 4.69) is 61.3 Å². The lowest BCUT2D eigenvalue weighted by atomic mass is 9.78. The molecule has 6 nitrogen and oxygen atoms in total. The third kappa shape index (κ3) is 5.47. The average molecular weight is 363 g/mol. The number of likely N-dealkylation sites (N-methyl/N-ethyl adjacent to an activating group) is 1. The number of rotatable bonds is 7. The van der Waals surface area contributed by atoms with E-state index in [9.17, 15) is 0 Å². The van der Waals surface area contributed by atoms with Gasteiger partial charge in [-0.2, -0.15) is 5.10 Å². The number of nitrogens with one attached hydrogen (secondary N) is 1. The number of likely N-dealkylation sites (tertiary alicyclic amines) is 1. The van der Waals surface area contributed by atoms with Crippen LogP contribution in [0.3, 0.4) is 0 Å². The molecule has 1 fully saturated rings. The van der Waals surface area contributed by atoms with E-state index in [1.54, 1.807) is 0 Å². The second-order valence-corrected chi connectivity index (χ2v) is 8.21. The standard InChI is InChI=1S/C20H38N6/c1-7-10-20(3)11-9-12-26(16-20)19(21-8-2)22-14-18(24(4)5)17-13-23-25(6)15-17/h13,15,18H,7-12,14,16H2,1-6H3,(H,21,22). The number of guanidine groups is 1. The molecule has 0 amide bonds. The van der Waals surface area contributed by atoms with Crippen LogP contribution in [0.2, 0.25) is 0 Å². The van der Waals surface area contributed by atoms with Gasteiger partial charge in [0.05, 0.1) is 18.8 Å². The number of aryl methyl sites for hydroxylation is 1. The Morgan fingerprint density at radius 3 is 2.77 bits per heavy atom. The van der Waals surface area contributed by atoms with Crippen molar-refractivity contribution in [3.63, 3.8) is 0 Å². The van der Waals surface area contributed by atoms with Crippen LogP contribution in [0.25, 0.3) is 0 Å². The fraction of sp³-hybridized carbons (Fsp3) is 0.800. The number of aromatic nitrogens is 2. The predicted octanol–water partition coefficient (Wildman–Crippen LogP) is 2.89. The molecule has 2 atom stereocenters. The van der Waals surface area contributed by atoms with E-state index < -0.39 is 0 Å². The second-order valence-electron chi connectivity index (χ2n) is 8.21. The largest absolute Gasteiger partial charge is 0.357 e. The molecule has 26 heavy (non-hydrogen) atoms. The van der Waals surface area contributed by atoms with Crippen LogP contribution in [0.15, 0.2) is 17.4 Å². The van der Waals surface area contributed by atoms with E-state index >= 15 is 0 Å². The number of hydrogen-bond acceptors (Lipinski definition) is 3. The van der Waals surface area contributed by atoms with Crippen molar-refractivity contribution in [1.82, 2.24) is 24.9 Å². The smallest absolute Gasteiger partial charge is 0.194 e. The highest BCUT2D eigenvalue weighted by atomic mass is 15.3. The van der Waals surface area contributed by atoms with Gasteiger partial charge in [0, 0.05) is 38.4 Å². The molecule has 1 N–H and O–H groups in total. The summed E-state index contributed by atoms with van der Waals surface area (Å²) < 4.78 is 1.86. The molecule has 0 aromatic carbocycles. The topological polar surface area (TPSA) is 48.7 Å². The molecule has 2 heterocycles. The SMILES string of the molecule is CCCC1(C)CCCN(C(=NCC(c2cnn(C)c2)N(C)C)NCC)C1. The molecule has 0 saturated carbocycles. The molecule has 0 bridgehead atoms. The molecule has 0 aliphatic carbocycles. The van der Waals surface area contributed by atoms with Crippen LogP contribution in [0.5, 0.6) is 0 Å². The summed E-state index contributed by atoms with van der Waals surface area (Å²) in [7, 11) is 6.19. The van der Waals surface area contributed by atoms with Crippen molar-refractivity contribution in [2.75, 3.05) is 40.3 Å². The van der Waals surface area contributed by atoms with Crippen molar-refractivity contribution >= 4 is 5.96 Å².